The number of nitro benzene ring substituents is 2. The van der Waals surface area contributed by atoms with Gasteiger partial charge in [0.15, 0.2) is 0 Å². The number of non-ortho nitro benzene ring substituents is 2. The number of benzene rings is 2. The van der Waals surface area contributed by atoms with E-state index in [0.717, 1.165) is 17.5 Å². The summed E-state index contributed by atoms with van der Waals surface area (Å²) in [6, 6.07) is 13.1. The number of hydrogen-bond donors (Lipinski definition) is 0. The Labute approximate surface area is 177 Å². The first-order valence-electron chi connectivity index (χ1n) is 9.52. The van der Waals surface area contributed by atoms with E-state index in [4.69, 9.17) is 9.78 Å². The highest BCUT2D eigenvalue weighted by Gasteiger charge is 2.49. The van der Waals surface area contributed by atoms with Crippen molar-refractivity contribution in [2.24, 2.45) is 0 Å². The summed E-state index contributed by atoms with van der Waals surface area (Å²) in [6.45, 7) is 1.95. The van der Waals surface area contributed by atoms with Gasteiger partial charge in [0.05, 0.1) is 20.7 Å². The second-order valence-electron chi connectivity index (χ2n) is 7.66. The number of hydrogen-bond acceptors (Lipinski definition) is 7. The van der Waals surface area contributed by atoms with Gasteiger partial charge in [-0.3, -0.25) is 20.2 Å². The highest BCUT2D eigenvalue weighted by atomic mass is 32.2. The molecule has 156 valence electrons. The Balaban J connectivity index is 1.63. The Kier molecular flexibility index (Phi) is 5.59. The van der Waals surface area contributed by atoms with Crippen LogP contribution in [0, 0.1) is 20.2 Å². The standard InChI is InChI=1S/C21H20N2O6S/c1-14-10-17-13-30-21(20(17)29-28-14,11-15-2-6-18(7-3-15)22(24)25)12-16-4-8-19(9-5-16)23(26)27/h2-9,13-14,20H,10-12H2,1H3. The molecule has 2 unspecified atom stereocenters. The van der Waals surface area contributed by atoms with E-state index in [-0.39, 0.29) is 23.6 Å². The minimum atomic E-state index is -0.417. The predicted molar refractivity (Wildman–Crippen MR) is 112 cm³/mol. The maximum absolute atomic E-state index is 11.0. The van der Waals surface area contributed by atoms with Gasteiger partial charge in [0.25, 0.3) is 11.4 Å². The van der Waals surface area contributed by atoms with Gasteiger partial charge in [-0.05, 0) is 41.9 Å². The zero-order valence-corrected chi connectivity index (χ0v) is 17.0. The SMILES string of the molecule is CC1CC2=CSC(Cc3ccc([N+](=O)[O-])cc3)(Cc3ccc([N+](=O)[O-])cc3)C2OO1. The molecular weight excluding hydrogens is 408 g/mol. The van der Waals surface area contributed by atoms with E-state index in [9.17, 15) is 20.2 Å². The minimum Gasteiger partial charge on any atom is -0.258 e. The summed E-state index contributed by atoms with van der Waals surface area (Å²) in [7, 11) is 0. The number of fused-ring (bicyclic) bond motifs is 1. The molecule has 0 saturated carbocycles. The Morgan fingerprint density at radius 1 is 0.933 bits per heavy atom. The van der Waals surface area contributed by atoms with Crippen molar-refractivity contribution >= 4 is 23.1 Å². The largest absolute Gasteiger partial charge is 0.269 e. The van der Waals surface area contributed by atoms with Crippen LogP contribution in [-0.4, -0.2) is 26.8 Å². The van der Waals surface area contributed by atoms with Crippen molar-refractivity contribution in [2.45, 2.75) is 43.1 Å². The first-order chi connectivity index (χ1) is 14.4. The van der Waals surface area contributed by atoms with Crippen LogP contribution in [0.2, 0.25) is 0 Å². The molecule has 9 heteroatoms. The molecule has 0 bridgehead atoms. The van der Waals surface area contributed by atoms with Gasteiger partial charge >= 0.3 is 0 Å². The molecule has 0 aliphatic carbocycles. The van der Waals surface area contributed by atoms with Crippen LogP contribution in [0.15, 0.2) is 59.5 Å². The van der Waals surface area contributed by atoms with E-state index in [1.807, 2.05) is 6.92 Å². The van der Waals surface area contributed by atoms with Gasteiger partial charge in [-0.15, -0.1) is 11.8 Å². The molecule has 0 spiro atoms. The van der Waals surface area contributed by atoms with Gasteiger partial charge in [-0.2, -0.15) is 0 Å². The molecule has 2 atom stereocenters. The van der Waals surface area contributed by atoms with Crippen molar-refractivity contribution in [3.63, 3.8) is 0 Å². The highest BCUT2D eigenvalue weighted by molar-refractivity contribution is 8.03. The minimum absolute atomic E-state index is 0.0253. The van der Waals surface area contributed by atoms with Crippen molar-refractivity contribution in [1.82, 2.24) is 0 Å². The lowest BCUT2D eigenvalue weighted by atomic mass is 9.83. The second kappa shape index (κ2) is 8.17. The monoisotopic (exact) mass is 428 g/mol. The summed E-state index contributed by atoms with van der Waals surface area (Å²) in [4.78, 5) is 32.4. The number of nitro groups is 2. The molecule has 0 radical (unpaired) electrons. The van der Waals surface area contributed by atoms with E-state index < -0.39 is 14.6 Å². The third-order valence-electron chi connectivity index (χ3n) is 5.40. The molecule has 0 N–H and O–H groups in total. The van der Waals surface area contributed by atoms with Crippen molar-refractivity contribution in [3.05, 3.63) is 90.9 Å². The summed E-state index contributed by atoms with van der Waals surface area (Å²) < 4.78 is -0.415. The number of thioether (sulfide) groups is 1. The molecule has 4 rings (SSSR count). The number of rotatable bonds is 6. The van der Waals surface area contributed by atoms with E-state index in [1.54, 1.807) is 36.0 Å². The Morgan fingerprint density at radius 2 is 1.43 bits per heavy atom. The average Bonchev–Trinajstić information content (AvgIpc) is 3.06. The van der Waals surface area contributed by atoms with Crippen LogP contribution >= 0.6 is 11.8 Å². The molecule has 8 nitrogen and oxygen atoms in total. The third-order valence-corrected chi connectivity index (χ3v) is 6.79. The Hall–Kier alpha value is -2.75. The molecule has 2 aromatic rings. The van der Waals surface area contributed by atoms with Crippen molar-refractivity contribution in [2.75, 3.05) is 0 Å². The van der Waals surface area contributed by atoms with Crippen LogP contribution in [0.1, 0.15) is 24.5 Å². The fourth-order valence-corrected chi connectivity index (χ4v) is 5.39. The first-order valence-corrected chi connectivity index (χ1v) is 10.4. The van der Waals surface area contributed by atoms with Crippen LogP contribution < -0.4 is 0 Å². The van der Waals surface area contributed by atoms with Crippen LogP contribution in [0.4, 0.5) is 11.4 Å². The molecule has 2 aromatic carbocycles. The topological polar surface area (TPSA) is 105 Å². The third kappa shape index (κ3) is 4.09. The second-order valence-corrected chi connectivity index (χ2v) is 8.95. The summed E-state index contributed by atoms with van der Waals surface area (Å²) in [5, 5.41) is 24.1. The van der Waals surface area contributed by atoms with Crippen LogP contribution in [0.5, 0.6) is 0 Å². The maximum Gasteiger partial charge on any atom is 0.269 e. The smallest absolute Gasteiger partial charge is 0.258 e. The van der Waals surface area contributed by atoms with Crippen molar-refractivity contribution in [3.8, 4) is 0 Å². The summed E-state index contributed by atoms with van der Waals surface area (Å²) in [6.07, 6.45) is 1.70. The molecule has 0 aromatic heterocycles. The van der Waals surface area contributed by atoms with Crippen LogP contribution in [0.3, 0.4) is 0 Å². The van der Waals surface area contributed by atoms with E-state index >= 15 is 0 Å². The molecule has 2 heterocycles. The zero-order valence-electron chi connectivity index (χ0n) is 16.2. The fraction of sp³-hybridized carbons (Fsp3) is 0.333. The molecule has 1 saturated heterocycles. The fourth-order valence-electron chi connectivity index (χ4n) is 3.97. The summed E-state index contributed by atoms with van der Waals surface area (Å²) >= 11 is 1.67. The summed E-state index contributed by atoms with van der Waals surface area (Å²) in [5.74, 6) is 0. The lowest BCUT2D eigenvalue weighted by Crippen LogP contribution is -2.46. The van der Waals surface area contributed by atoms with Gasteiger partial charge in [0, 0.05) is 30.7 Å². The predicted octanol–water partition coefficient (Wildman–Crippen LogP) is 4.77. The summed E-state index contributed by atoms with van der Waals surface area (Å²) in [5.41, 5.74) is 3.17. The molecular formula is C21H20N2O6S. The van der Waals surface area contributed by atoms with E-state index in [0.29, 0.717) is 12.8 Å². The van der Waals surface area contributed by atoms with E-state index in [2.05, 4.69) is 5.41 Å². The average molecular weight is 428 g/mol. The molecule has 2 aliphatic rings. The molecule has 2 aliphatic heterocycles. The Morgan fingerprint density at radius 3 is 1.90 bits per heavy atom. The van der Waals surface area contributed by atoms with E-state index in [1.165, 1.54) is 29.8 Å². The van der Waals surface area contributed by atoms with Crippen LogP contribution in [0.25, 0.3) is 0 Å². The first kappa shape index (κ1) is 20.5. The lowest BCUT2D eigenvalue weighted by molar-refractivity contribution is -0.385. The Bertz CT molecular complexity index is 930. The highest BCUT2D eigenvalue weighted by Crippen LogP contribution is 2.50. The molecule has 0 amide bonds. The van der Waals surface area contributed by atoms with Crippen molar-refractivity contribution in [1.29, 1.82) is 0 Å². The van der Waals surface area contributed by atoms with Gasteiger partial charge < -0.3 is 0 Å². The zero-order chi connectivity index (χ0) is 21.3. The quantitative estimate of drug-likeness (QED) is 0.371. The maximum atomic E-state index is 11.0. The normalized spacial score (nSPS) is 22.2. The van der Waals surface area contributed by atoms with Gasteiger partial charge in [-0.1, -0.05) is 24.3 Å². The van der Waals surface area contributed by atoms with Crippen molar-refractivity contribution < 1.29 is 19.6 Å². The van der Waals surface area contributed by atoms with Gasteiger partial charge in [-0.25, -0.2) is 9.78 Å². The molecule has 1 fully saturated rings. The molecule has 30 heavy (non-hydrogen) atoms. The lowest BCUT2D eigenvalue weighted by Gasteiger charge is -2.38. The van der Waals surface area contributed by atoms with Gasteiger partial charge in [0.1, 0.15) is 6.10 Å². The van der Waals surface area contributed by atoms with Crippen LogP contribution in [-0.2, 0) is 22.6 Å². The van der Waals surface area contributed by atoms with Gasteiger partial charge in [0.2, 0.25) is 0 Å². The number of nitrogens with zero attached hydrogens (tertiary/aromatic N) is 2.